The Balaban J connectivity index is 1.60. The van der Waals surface area contributed by atoms with Crippen LogP contribution in [0.3, 0.4) is 0 Å². The van der Waals surface area contributed by atoms with E-state index < -0.39 is 0 Å². The van der Waals surface area contributed by atoms with Crippen LogP contribution < -0.4 is 9.47 Å². The van der Waals surface area contributed by atoms with Crippen LogP contribution in [0.4, 0.5) is 0 Å². The van der Waals surface area contributed by atoms with Gasteiger partial charge in [0.1, 0.15) is 6.10 Å². The molecule has 4 atom stereocenters. The van der Waals surface area contributed by atoms with Crippen molar-refractivity contribution >= 4 is 5.97 Å². The van der Waals surface area contributed by atoms with E-state index in [1.807, 2.05) is 0 Å². The van der Waals surface area contributed by atoms with Crippen molar-refractivity contribution in [1.29, 1.82) is 0 Å². The van der Waals surface area contributed by atoms with Crippen molar-refractivity contribution in [3.05, 3.63) is 35.4 Å². The average Bonchev–Trinajstić information content (AvgIpc) is 3.07. The minimum Gasteiger partial charge on any atom is -0.458 e. The van der Waals surface area contributed by atoms with Gasteiger partial charge in [-0.05, 0) is 35.8 Å². The summed E-state index contributed by atoms with van der Waals surface area (Å²) in [5, 5.41) is 0. The number of nitrogens with zero attached hydrogens (tertiary/aromatic N) is 1. The molecule has 1 aromatic carbocycles. The fourth-order valence-corrected chi connectivity index (χ4v) is 4.77. The highest BCUT2D eigenvalue weighted by Gasteiger charge is 2.53. The number of esters is 1. The van der Waals surface area contributed by atoms with Gasteiger partial charge < -0.3 is 14.2 Å². The van der Waals surface area contributed by atoms with Gasteiger partial charge in [0, 0.05) is 37.9 Å². The molecule has 3 heterocycles. The molecule has 1 aliphatic carbocycles. The standard InChI is InChI=1S/C18H19NO4/c1-11(20)23-13-2-3-18-4-5-19(17(18)7-13)9-12-6-15-16(8-14(12)18)22-10-21-15/h2-3,6,8,13,17H,4-5,7,9-10H2,1H3/t13?,17?,18-/m0/s1. The van der Waals surface area contributed by atoms with E-state index in [-0.39, 0.29) is 17.5 Å². The molecule has 4 aliphatic rings. The van der Waals surface area contributed by atoms with Gasteiger partial charge in [-0.15, -0.1) is 0 Å². The Morgan fingerprint density at radius 3 is 3.00 bits per heavy atom. The third-order valence-electron chi connectivity index (χ3n) is 5.70. The summed E-state index contributed by atoms with van der Waals surface area (Å²) in [5.41, 5.74) is 2.71. The second-order valence-corrected chi connectivity index (χ2v) is 6.88. The minimum absolute atomic E-state index is 0.0191. The van der Waals surface area contributed by atoms with Crippen molar-refractivity contribution in [1.82, 2.24) is 4.90 Å². The van der Waals surface area contributed by atoms with E-state index >= 15 is 0 Å². The second kappa shape index (κ2) is 4.51. The van der Waals surface area contributed by atoms with Gasteiger partial charge in [-0.25, -0.2) is 0 Å². The molecule has 3 aliphatic heterocycles. The molecule has 0 radical (unpaired) electrons. The summed E-state index contributed by atoms with van der Waals surface area (Å²) in [6, 6.07) is 4.70. The van der Waals surface area contributed by atoms with Crippen molar-refractivity contribution in [2.75, 3.05) is 13.3 Å². The fourth-order valence-electron chi connectivity index (χ4n) is 4.77. The first-order chi connectivity index (χ1) is 11.2. The fraction of sp³-hybridized carbons (Fsp3) is 0.500. The molecule has 1 saturated heterocycles. The maximum atomic E-state index is 11.3. The van der Waals surface area contributed by atoms with Gasteiger partial charge >= 0.3 is 5.97 Å². The maximum absolute atomic E-state index is 11.3. The Labute approximate surface area is 134 Å². The van der Waals surface area contributed by atoms with Crippen LogP contribution in [0.25, 0.3) is 0 Å². The minimum atomic E-state index is -0.211. The quantitative estimate of drug-likeness (QED) is 0.587. The second-order valence-electron chi connectivity index (χ2n) is 6.88. The lowest BCUT2D eigenvalue weighted by molar-refractivity contribution is -0.145. The lowest BCUT2D eigenvalue weighted by Crippen LogP contribution is -2.49. The van der Waals surface area contributed by atoms with E-state index in [4.69, 9.17) is 14.2 Å². The third kappa shape index (κ3) is 1.80. The molecule has 1 aromatic rings. The Morgan fingerprint density at radius 2 is 2.17 bits per heavy atom. The normalized spacial score (nSPS) is 35.6. The van der Waals surface area contributed by atoms with E-state index in [2.05, 4.69) is 29.2 Å². The van der Waals surface area contributed by atoms with E-state index in [0.29, 0.717) is 12.8 Å². The van der Waals surface area contributed by atoms with Crippen LogP contribution in [0.2, 0.25) is 0 Å². The van der Waals surface area contributed by atoms with E-state index in [1.165, 1.54) is 18.1 Å². The number of carbonyl (C=O) groups excluding carboxylic acids is 1. The molecule has 5 nitrogen and oxygen atoms in total. The highest BCUT2D eigenvalue weighted by atomic mass is 16.7. The molecule has 3 unspecified atom stereocenters. The molecule has 2 bridgehead atoms. The molecular weight excluding hydrogens is 294 g/mol. The predicted octanol–water partition coefficient (Wildman–Crippen LogP) is 2.13. The molecule has 0 spiro atoms. The largest absolute Gasteiger partial charge is 0.458 e. The van der Waals surface area contributed by atoms with Crippen LogP contribution in [0.1, 0.15) is 30.9 Å². The van der Waals surface area contributed by atoms with Gasteiger partial charge in [0.05, 0.1) is 0 Å². The van der Waals surface area contributed by atoms with Crippen LogP contribution in [0.5, 0.6) is 11.5 Å². The van der Waals surface area contributed by atoms with Crippen molar-refractivity contribution in [2.24, 2.45) is 0 Å². The topological polar surface area (TPSA) is 48.0 Å². The Bertz CT molecular complexity index is 728. The molecule has 0 amide bonds. The SMILES string of the molecule is CC(=O)OC1C=C[C@]23CCN(Cc4cc5c(cc42)OCO5)C3C1. The van der Waals surface area contributed by atoms with Crippen LogP contribution in [-0.2, 0) is 21.5 Å². The van der Waals surface area contributed by atoms with Gasteiger partial charge in [0.2, 0.25) is 6.79 Å². The van der Waals surface area contributed by atoms with Crippen LogP contribution in [0, 0.1) is 0 Å². The lowest BCUT2D eigenvalue weighted by Gasteiger charge is -2.45. The van der Waals surface area contributed by atoms with Gasteiger partial charge in [-0.1, -0.05) is 6.08 Å². The van der Waals surface area contributed by atoms with E-state index in [0.717, 1.165) is 37.4 Å². The van der Waals surface area contributed by atoms with Crippen LogP contribution in [-0.4, -0.2) is 36.4 Å². The Morgan fingerprint density at radius 1 is 1.35 bits per heavy atom. The first-order valence-electron chi connectivity index (χ1n) is 8.19. The summed E-state index contributed by atoms with van der Waals surface area (Å²) in [5.74, 6) is 1.50. The Hall–Kier alpha value is -2.01. The molecule has 0 N–H and O–H groups in total. The summed E-state index contributed by atoms with van der Waals surface area (Å²) in [4.78, 5) is 13.8. The summed E-state index contributed by atoms with van der Waals surface area (Å²) in [7, 11) is 0. The summed E-state index contributed by atoms with van der Waals surface area (Å²) >= 11 is 0. The van der Waals surface area contributed by atoms with Gasteiger partial charge in [0.25, 0.3) is 0 Å². The van der Waals surface area contributed by atoms with E-state index in [1.54, 1.807) is 0 Å². The smallest absolute Gasteiger partial charge is 0.303 e. The highest BCUT2D eigenvalue weighted by molar-refractivity contribution is 5.66. The number of rotatable bonds is 1. The molecule has 0 aromatic heterocycles. The summed E-state index contributed by atoms with van der Waals surface area (Å²) < 4.78 is 16.6. The lowest BCUT2D eigenvalue weighted by atomic mass is 9.66. The first-order valence-corrected chi connectivity index (χ1v) is 8.19. The number of hydrogen-bond donors (Lipinski definition) is 0. The monoisotopic (exact) mass is 313 g/mol. The van der Waals surface area contributed by atoms with Crippen LogP contribution in [0.15, 0.2) is 24.3 Å². The zero-order chi connectivity index (χ0) is 15.6. The molecule has 23 heavy (non-hydrogen) atoms. The average molecular weight is 313 g/mol. The number of benzene rings is 1. The van der Waals surface area contributed by atoms with E-state index in [9.17, 15) is 4.79 Å². The highest BCUT2D eigenvalue weighted by Crippen LogP contribution is 2.53. The van der Waals surface area contributed by atoms with Crippen molar-refractivity contribution < 1.29 is 19.0 Å². The zero-order valence-corrected chi connectivity index (χ0v) is 13.1. The molecule has 1 fully saturated rings. The number of fused-ring (bicyclic) bond motifs is 2. The molecular formula is C18H19NO4. The predicted molar refractivity (Wildman–Crippen MR) is 82.4 cm³/mol. The maximum Gasteiger partial charge on any atom is 0.303 e. The molecule has 120 valence electrons. The molecule has 5 rings (SSSR count). The number of ether oxygens (including phenoxy) is 3. The number of hydrogen-bond acceptors (Lipinski definition) is 5. The zero-order valence-electron chi connectivity index (χ0n) is 13.1. The summed E-state index contributed by atoms with van der Waals surface area (Å²) in [6.45, 7) is 3.79. The van der Waals surface area contributed by atoms with Gasteiger partial charge in [-0.3, -0.25) is 9.69 Å². The first kappa shape index (κ1) is 13.4. The third-order valence-corrected chi connectivity index (χ3v) is 5.70. The summed E-state index contributed by atoms with van der Waals surface area (Å²) in [6.07, 6.45) is 6.20. The molecule has 5 heteroatoms. The van der Waals surface area contributed by atoms with Crippen LogP contribution >= 0.6 is 0 Å². The van der Waals surface area contributed by atoms with Crippen molar-refractivity contribution in [2.45, 2.75) is 43.9 Å². The Kier molecular flexibility index (Phi) is 2.63. The van der Waals surface area contributed by atoms with Crippen molar-refractivity contribution in [3.8, 4) is 11.5 Å². The van der Waals surface area contributed by atoms with Gasteiger partial charge in [-0.2, -0.15) is 0 Å². The van der Waals surface area contributed by atoms with Gasteiger partial charge in [0.15, 0.2) is 11.5 Å². The number of carbonyl (C=O) groups is 1. The molecule has 0 saturated carbocycles. The van der Waals surface area contributed by atoms with Crippen molar-refractivity contribution in [3.63, 3.8) is 0 Å².